The van der Waals surface area contributed by atoms with Gasteiger partial charge in [0.05, 0.1) is 2.88 Å². The van der Waals surface area contributed by atoms with Gasteiger partial charge in [0.2, 0.25) is 0 Å². The Hall–Kier alpha value is -0.100. The molecule has 2 N–H and O–H groups in total. The summed E-state index contributed by atoms with van der Waals surface area (Å²) in [7, 11) is 0. The lowest BCUT2D eigenvalue weighted by Crippen LogP contribution is -2.12. The molecule has 1 heterocycles. The molecule has 2 aromatic rings. The fourth-order valence-electron chi connectivity index (χ4n) is 1.69. The van der Waals surface area contributed by atoms with Crippen molar-refractivity contribution in [1.29, 1.82) is 0 Å². The van der Waals surface area contributed by atoms with Gasteiger partial charge in [0.15, 0.2) is 0 Å². The normalized spacial score (nSPS) is 12.7. The van der Waals surface area contributed by atoms with E-state index in [4.69, 9.17) is 17.3 Å². The van der Waals surface area contributed by atoms with Gasteiger partial charge in [0.25, 0.3) is 0 Å². The van der Waals surface area contributed by atoms with Gasteiger partial charge in [-0.25, -0.2) is 0 Å². The van der Waals surface area contributed by atoms with Gasteiger partial charge in [0, 0.05) is 11.1 Å². The van der Waals surface area contributed by atoms with Gasteiger partial charge < -0.3 is 5.73 Å². The highest BCUT2D eigenvalue weighted by Crippen LogP contribution is 2.26. The zero-order chi connectivity index (χ0) is 12.4. The molecular formula is C13H13ClINS. The first-order valence-corrected chi connectivity index (χ1v) is 7.64. The lowest BCUT2D eigenvalue weighted by molar-refractivity contribution is 0.725. The monoisotopic (exact) mass is 377 g/mol. The first-order chi connectivity index (χ1) is 8.06. The van der Waals surface area contributed by atoms with Crippen molar-refractivity contribution < 1.29 is 0 Å². The molecule has 0 saturated carbocycles. The third kappa shape index (κ3) is 3.44. The Balaban J connectivity index is 2.15. The maximum atomic E-state index is 6.21. The summed E-state index contributed by atoms with van der Waals surface area (Å²) >= 11 is 10.2. The molecule has 0 amide bonds. The molecule has 1 unspecified atom stereocenters. The molecule has 1 aromatic carbocycles. The Morgan fingerprint density at radius 1 is 1.41 bits per heavy atom. The lowest BCUT2D eigenvalue weighted by atomic mass is 10.0. The van der Waals surface area contributed by atoms with Crippen LogP contribution in [0.25, 0.3) is 0 Å². The zero-order valence-corrected chi connectivity index (χ0v) is 13.1. The lowest BCUT2D eigenvalue weighted by Gasteiger charge is -2.11. The Morgan fingerprint density at radius 2 is 2.18 bits per heavy atom. The molecule has 0 aliphatic heterocycles. The number of aryl methyl sites for hydroxylation is 1. The van der Waals surface area contributed by atoms with Crippen LogP contribution in [0.1, 0.15) is 22.7 Å². The van der Waals surface area contributed by atoms with Crippen LogP contribution < -0.4 is 5.73 Å². The summed E-state index contributed by atoms with van der Waals surface area (Å²) in [4.78, 5) is 0. The molecule has 0 aliphatic carbocycles. The first-order valence-electron chi connectivity index (χ1n) is 5.31. The standard InChI is InChI=1S/C13H13ClINS/c1-8-2-3-9(11(14)4-8)5-12(16)10-6-13(15)17-7-10/h2-4,6-7,12H,5,16H2,1H3. The van der Waals surface area contributed by atoms with E-state index in [2.05, 4.69) is 46.2 Å². The number of nitrogens with two attached hydrogens (primary N) is 1. The third-order valence-corrected chi connectivity index (χ3v) is 4.82. The van der Waals surface area contributed by atoms with Gasteiger partial charge in [-0.1, -0.05) is 23.7 Å². The van der Waals surface area contributed by atoms with Crippen molar-refractivity contribution in [2.24, 2.45) is 5.73 Å². The largest absolute Gasteiger partial charge is 0.324 e. The van der Waals surface area contributed by atoms with Crippen LogP contribution in [-0.2, 0) is 6.42 Å². The van der Waals surface area contributed by atoms with Crippen molar-refractivity contribution in [2.45, 2.75) is 19.4 Å². The Morgan fingerprint density at radius 3 is 2.76 bits per heavy atom. The molecule has 17 heavy (non-hydrogen) atoms. The minimum atomic E-state index is 0.0231. The van der Waals surface area contributed by atoms with Gasteiger partial charge in [-0.2, -0.15) is 0 Å². The predicted molar refractivity (Wildman–Crippen MR) is 83.9 cm³/mol. The van der Waals surface area contributed by atoms with Crippen molar-refractivity contribution in [3.05, 3.63) is 54.2 Å². The van der Waals surface area contributed by atoms with Gasteiger partial charge in [-0.05, 0) is 70.1 Å². The van der Waals surface area contributed by atoms with Crippen LogP contribution >= 0.6 is 45.5 Å². The van der Waals surface area contributed by atoms with E-state index >= 15 is 0 Å². The summed E-state index contributed by atoms with van der Waals surface area (Å²) in [5.41, 5.74) is 9.68. The zero-order valence-electron chi connectivity index (χ0n) is 9.41. The molecule has 1 aromatic heterocycles. The number of benzene rings is 1. The van der Waals surface area contributed by atoms with E-state index < -0.39 is 0 Å². The van der Waals surface area contributed by atoms with Crippen LogP contribution in [0.2, 0.25) is 5.02 Å². The molecule has 2 rings (SSSR count). The molecule has 0 saturated heterocycles. The minimum Gasteiger partial charge on any atom is -0.324 e. The van der Waals surface area contributed by atoms with Crippen molar-refractivity contribution >= 4 is 45.5 Å². The smallest absolute Gasteiger partial charge is 0.0656 e. The number of hydrogen-bond donors (Lipinski definition) is 1. The van der Waals surface area contributed by atoms with Crippen molar-refractivity contribution in [3.63, 3.8) is 0 Å². The second kappa shape index (κ2) is 5.69. The fraction of sp³-hybridized carbons (Fsp3) is 0.231. The number of rotatable bonds is 3. The van der Waals surface area contributed by atoms with Crippen LogP contribution in [0, 0.1) is 9.81 Å². The topological polar surface area (TPSA) is 26.0 Å². The number of halogens is 2. The van der Waals surface area contributed by atoms with E-state index in [-0.39, 0.29) is 6.04 Å². The predicted octanol–water partition coefficient (Wildman–Crippen LogP) is 4.56. The van der Waals surface area contributed by atoms with E-state index in [0.29, 0.717) is 0 Å². The van der Waals surface area contributed by atoms with Crippen molar-refractivity contribution in [3.8, 4) is 0 Å². The first kappa shape index (κ1) is 13.3. The van der Waals surface area contributed by atoms with Gasteiger partial charge in [-0.3, -0.25) is 0 Å². The minimum absolute atomic E-state index is 0.0231. The molecule has 0 spiro atoms. The number of thiophene rings is 1. The van der Waals surface area contributed by atoms with Crippen LogP contribution in [0.4, 0.5) is 0 Å². The maximum Gasteiger partial charge on any atom is 0.0656 e. The second-order valence-corrected chi connectivity index (χ2v) is 7.30. The van der Waals surface area contributed by atoms with Gasteiger partial charge in [-0.15, -0.1) is 11.3 Å². The Labute approximate surface area is 124 Å². The maximum absolute atomic E-state index is 6.21. The highest BCUT2D eigenvalue weighted by Gasteiger charge is 2.11. The summed E-state index contributed by atoms with van der Waals surface area (Å²) < 4.78 is 1.27. The van der Waals surface area contributed by atoms with Gasteiger partial charge in [0.1, 0.15) is 0 Å². The SMILES string of the molecule is Cc1ccc(CC(N)c2csc(I)c2)c(Cl)c1. The third-order valence-electron chi connectivity index (χ3n) is 2.66. The quantitative estimate of drug-likeness (QED) is 0.780. The average molecular weight is 378 g/mol. The Kier molecular flexibility index (Phi) is 4.47. The van der Waals surface area contributed by atoms with Crippen LogP contribution in [0.5, 0.6) is 0 Å². The molecule has 1 nitrogen and oxygen atoms in total. The van der Waals surface area contributed by atoms with Crippen molar-refractivity contribution in [1.82, 2.24) is 0 Å². The Bertz CT molecular complexity index is 524. The van der Waals surface area contributed by atoms with E-state index in [1.165, 1.54) is 14.0 Å². The highest BCUT2D eigenvalue weighted by molar-refractivity contribution is 14.1. The number of hydrogen-bond acceptors (Lipinski definition) is 2. The molecule has 0 radical (unpaired) electrons. The van der Waals surface area contributed by atoms with E-state index in [0.717, 1.165) is 17.0 Å². The molecule has 4 heteroatoms. The summed E-state index contributed by atoms with van der Waals surface area (Å²) in [6.45, 7) is 2.04. The summed E-state index contributed by atoms with van der Waals surface area (Å²) in [6.07, 6.45) is 0.784. The molecular weight excluding hydrogens is 365 g/mol. The van der Waals surface area contributed by atoms with Crippen LogP contribution in [0.3, 0.4) is 0 Å². The molecule has 90 valence electrons. The fourth-order valence-corrected chi connectivity index (χ4v) is 3.44. The van der Waals surface area contributed by atoms with E-state index in [9.17, 15) is 0 Å². The van der Waals surface area contributed by atoms with E-state index in [1.807, 2.05) is 13.0 Å². The van der Waals surface area contributed by atoms with Gasteiger partial charge >= 0.3 is 0 Å². The molecule has 0 bridgehead atoms. The summed E-state index contributed by atoms with van der Waals surface area (Å²) in [5.74, 6) is 0. The average Bonchev–Trinajstić information content (AvgIpc) is 2.69. The van der Waals surface area contributed by atoms with Crippen molar-refractivity contribution in [2.75, 3.05) is 0 Å². The molecule has 0 fully saturated rings. The molecule has 1 atom stereocenters. The summed E-state index contributed by atoms with van der Waals surface area (Å²) in [5, 5.41) is 2.93. The molecule has 0 aliphatic rings. The van der Waals surface area contributed by atoms with E-state index in [1.54, 1.807) is 11.3 Å². The highest BCUT2D eigenvalue weighted by atomic mass is 127. The second-order valence-electron chi connectivity index (χ2n) is 4.09. The van der Waals surface area contributed by atoms with Crippen LogP contribution in [-0.4, -0.2) is 0 Å². The summed E-state index contributed by atoms with van der Waals surface area (Å²) in [6, 6.07) is 8.29. The van der Waals surface area contributed by atoms with Crippen LogP contribution in [0.15, 0.2) is 29.6 Å².